The third kappa shape index (κ3) is 2.63. The number of piperidine rings is 1. The molecule has 1 aliphatic heterocycles. The second-order valence-corrected chi connectivity index (χ2v) is 10.0. The summed E-state index contributed by atoms with van der Waals surface area (Å²) < 4.78 is 0. The number of rotatable bonds is 2. The highest BCUT2D eigenvalue weighted by Gasteiger charge is 2.65. The van der Waals surface area contributed by atoms with Crippen LogP contribution in [0.1, 0.15) is 73.6 Å². The fourth-order valence-corrected chi connectivity index (χ4v) is 5.73. The summed E-state index contributed by atoms with van der Waals surface area (Å²) in [7, 11) is 0. The molecule has 2 saturated carbocycles. The highest BCUT2D eigenvalue weighted by Crippen LogP contribution is 2.60. The molecule has 1 saturated heterocycles. The molecule has 0 aromatic rings. The predicted molar refractivity (Wildman–Crippen MR) is 91.0 cm³/mol. The average molecular weight is 320 g/mol. The number of Topliss-reactive ketones (excluding diaryl/α,β-unsaturated/α-hetero) is 1. The summed E-state index contributed by atoms with van der Waals surface area (Å²) in [5, 5.41) is 6.90. The first-order valence-corrected chi connectivity index (χ1v) is 9.03. The molecule has 1 amide bonds. The molecule has 23 heavy (non-hydrogen) atoms. The molecule has 130 valence electrons. The Labute approximate surface area is 140 Å². The molecule has 3 aliphatic rings. The van der Waals surface area contributed by atoms with E-state index in [2.05, 4.69) is 38.3 Å². The summed E-state index contributed by atoms with van der Waals surface area (Å²) in [6.45, 7) is 12.8. The number of carbonyl (C=O) groups excluding carboxylic acids is 2. The lowest BCUT2D eigenvalue weighted by Gasteiger charge is -2.47. The Hall–Kier alpha value is -0.900. The van der Waals surface area contributed by atoms with Gasteiger partial charge >= 0.3 is 0 Å². The molecule has 0 unspecified atom stereocenters. The summed E-state index contributed by atoms with van der Waals surface area (Å²) in [6.07, 6.45) is 4.31. The summed E-state index contributed by atoms with van der Waals surface area (Å²) in [5.74, 6) is 0.543. The zero-order chi connectivity index (χ0) is 17.3. The van der Waals surface area contributed by atoms with Crippen LogP contribution in [-0.2, 0) is 9.59 Å². The fraction of sp³-hybridized carbons (Fsp3) is 0.895. The zero-order valence-corrected chi connectivity index (χ0v) is 15.5. The van der Waals surface area contributed by atoms with Gasteiger partial charge in [0.25, 0.3) is 0 Å². The minimum Gasteiger partial charge on any atom is -0.352 e. The van der Waals surface area contributed by atoms with Gasteiger partial charge in [0, 0.05) is 22.5 Å². The Morgan fingerprint density at radius 2 is 1.61 bits per heavy atom. The molecule has 1 heterocycles. The van der Waals surface area contributed by atoms with Crippen molar-refractivity contribution in [1.82, 2.24) is 10.6 Å². The molecule has 0 radical (unpaired) electrons. The lowest BCUT2D eigenvalue weighted by atomic mass is 9.70. The van der Waals surface area contributed by atoms with Crippen LogP contribution >= 0.6 is 0 Å². The molecule has 4 nitrogen and oxygen atoms in total. The van der Waals surface area contributed by atoms with E-state index in [1.165, 1.54) is 0 Å². The van der Waals surface area contributed by atoms with Gasteiger partial charge in [0.1, 0.15) is 5.41 Å². The number of amides is 1. The van der Waals surface area contributed by atoms with Crippen LogP contribution in [0.5, 0.6) is 0 Å². The van der Waals surface area contributed by atoms with Gasteiger partial charge in [-0.2, -0.15) is 0 Å². The van der Waals surface area contributed by atoms with Crippen molar-refractivity contribution in [2.45, 2.75) is 90.8 Å². The maximum absolute atomic E-state index is 13.1. The Bertz CT molecular complexity index is 534. The first kappa shape index (κ1) is 16.9. The normalized spacial score (nSPS) is 37.8. The van der Waals surface area contributed by atoms with Crippen LogP contribution in [0.15, 0.2) is 0 Å². The van der Waals surface area contributed by atoms with Crippen LogP contribution in [0, 0.1) is 16.7 Å². The van der Waals surface area contributed by atoms with E-state index in [9.17, 15) is 9.59 Å². The van der Waals surface area contributed by atoms with Crippen molar-refractivity contribution in [3.05, 3.63) is 0 Å². The Morgan fingerprint density at radius 1 is 1.04 bits per heavy atom. The second-order valence-electron chi connectivity index (χ2n) is 10.0. The molecule has 2 aliphatic carbocycles. The van der Waals surface area contributed by atoms with E-state index >= 15 is 0 Å². The molecular weight excluding hydrogens is 288 g/mol. The number of hydrogen-bond acceptors (Lipinski definition) is 3. The van der Waals surface area contributed by atoms with Crippen molar-refractivity contribution >= 4 is 11.7 Å². The van der Waals surface area contributed by atoms with E-state index in [1.807, 2.05) is 13.8 Å². The summed E-state index contributed by atoms with van der Waals surface area (Å²) in [6, 6.07) is 0.138. The van der Waals surface area contributed by atoms with Gasteiger partial charge in [-0.3, -0.25) is 9.59 Å². The van der Waals surface area contributed by atoms with Crippen LogP contribution in [0.2, 0.25) is 0 Å². The highest BCUT2D eigenvalue weighted by atomic mass is 16.2. The Morgan fingerprint density at radius 3 is 2.09 bits per heavy atom. The second kappa shape index (κ2) is 4.81. The smallest absolute Gasteiger partial charge is 0.233 e. The van der Waals surface area contributed by atoms with Crippen LogP contribution < -0.4 is 10.6 Å². The van der Waals surface area contributed by atoms with Crippen LogP contribution in [-0.4, -0.2) is 28.8 Å². The van der Waals surface area contributed by atoms with Crippen LogP contribution in [0.25, 0.3) is 0 Å². The lowest BCUT2D eigenvalue weighted by Crippen LogP contribution is -2.63. The quantitative estimate of drug-likeness (QED) is 0.769. The number of nitrogens with one attached hydrogen (secondary N) is 2. The number of ketones is 1. The molecule has 3 rings (SSSR count). The number of hydrogen-bond donors (Lipinski definition) is 2. The van der Waals surface area contributed by atoms with Crippen molar-refractivity contribution in [2.75, 3.05) is 0 Å². The molecule has 0 aromatic carbocycles. The first-order valence-electron chi connectivity index (χ1n) is 9.03. The molecule has 2 atom stereocenters. The molecule has 0 spiro atoms. The highest BCUT2D eigenvalue weighted by molar-refractivity contribution is 6.10. The maximum Gasteiger partial charge on any atom is 0.233 e. The van der Waals surface area contributed by atoms with Crippen LogP contribution in [0.4, 0.5) is 0 Å². The molecule has 4 heteroatoms. The van der Waals surface area contributed by atoms with Gasteiger partial charge in [0.2, 0.25) is 5.91 Å². The van der Waals surface area contributed by atoms with Gasteiger partial charge in [-0.05, 0) is 65.7 Å². The van der Waals surface area contributed by atoms with E-state index in [-0.39, 0.29) is 34.2 Å². The zero-order valence-electron chi connectivity index (χ0n) is 15.5. The third-order valence-electron chi connectivity index (χ3n) is 6.51. The van der Waals surface area contributed by atoms with Crippen molar-refractivity contribution in [1.29, 1.82) is 0 Å². The van der Waals surface area contributed by atoms with E-state index < -0.39 is 5.41 Å². The van der Waals surface area contributed by atoms with Crippen molar-refractivity contribution in [3.8, 4) is 0 Å². The van der Waals surface area contributed by atoms with Gasteiger partial charge < -0.3 is 10.6 Å². The van der Waals surface area contributed by atoms with Gasteiger partial charge in [-0.25, -0.2) is 0 Å². The van der Waals surface area contributed by atoms with E-state index in [4.69, 9.17) is 0 Å². The fourth-order valence-electron chi connectivity index (χ4n) is 5.73. The SMILES string of the molecule is CC1(C)CC(NC(=O)[C@]23CC[C@@H](C2)C(C)(C)C3=O)CC(C)(C)N1. The molecule has 3 fully saturated rings. The summed E-state index contributed by atoms with van der Waals surface area (Å²) >= 11 is 0. The standard InChI is InChI=1S/C19H32N2O2/c1-16(2)10-13(11-17(3,4)21-16)20-15(23)19-8-7-12(9-19)18(5,6)14(19)22/h12-13,21H,7-11H2,1-6H3,(H,20,23)/t12-,19+/m0/s1. The van der Waals surface area contributed by atoms with Gasteiger partial charge in [0.15, 0.2) is 5.78 Å². The third-order valence-corrected chi connectivity index (χ3v) is 6.51. The van der Waals surface area contributed by atoms with Crippen molar-refractivity contribution in [3.63, 3.8) is 0 Å². The maximum atomic E-state index is 13.1. The van der Waals surface area contributed by atoms with E-state index in [0.717, 1.165) is 32.1 Å². The first-order chi connectivity index (χ1) is 10.4. The Kier molecular flexibility index (Phi) is 3.54. The van der Waals surface area contributed by atoms with Gasteiger partial charge in [0.05, 0.1) is 0 Å². The minimum atomic E-state index is -0.743. The molecule has 0 aromatic heterocycles. The molecule has 2 N–H and O–H groups in total. The topological polar surface area (TPSA) is 58.2 Å². The summed E-state index contributed by atoms with van der Waals surface area (Å²) in [4.78, 5) is 25.9. The Balaban J connectivity index is 1.76. The largest absolute Gasteiger partial charge is 0.352 e. The predicted octanol–water partition coefficient (Wildman–Crippen LogP) is 2.81. The van der Waals surface area contributed by atoms with E-state index in [0.29, 0.717) is 5.92 Å². The molecular formula is C19H32N2O2. The van der Waals surface area contributed by atoms with Crippen molar-refractivity contribution in [2.24, 2.45) is 16.7 Å². The van der Waals surface area contributed by atoms with Gasteiger partial charge in [-0.15, -0.1) is 0 Å². The lowest BCUT2D eigenvalue weighted by molar-refractivity contribution is -0.145. The monoisotopic (exact) mass is 320 g/mol. The number of fused-ring (bicyclic) bond motifs is 2. The minimum absolute atomic E-state index is 0.00543. The van der Waals surface area contributed by atoms with E-state index in [1.54, 1.807) is 0 Å². The van der Waals surface area contributed by atoms with Crippen molar-refractivity contribution < 1.29 is 9.59 Å². The van der Waals surface area contributed by atoms with Crippen LogP contribution in [0.3, 0.4) is 0 Å². The summed E-state index contributed by atoms with van der Waals surface area (Å²) in [5.41, 5.74) is -1.08. The van der Waals surface area contributed by atoms with Gasteiger partial charge in [-0.1, -0.05) is 13.8 Å². The molecule has 2 bridgehead atoms. The number of carbonyl (C=O) groups is 2. The average Bonchev–Trinajstić information content (AvgIpc) is 2.86.